The average molecular weight is 349 g/mol. The molecule has 1 aromatic heterocycles. The highest BCUT2D eigenvalue weighted by Gasteiger charge is 2.23. The van der Waals surface area contributed by atoms with E-state index in [0.29, 0.717) is 24.6 Å². The molecule has 2 rings (SSSR count). The van der Waals surface area contributed by atoms with Crippen LogP contribution in [0.4, 0.5) is 10.5 Å². The highest BCUT2D eigenvalue weighted by atomic mass is 16.2. The number of anilines is 1. The lowest BCUT2D eigenvalue weighted by Gasteiger charge is -2.17. The van der Waals surface area contributed by atoms with Crippen LogP contribution < -0.4 is 16.0 Å². The molecule has 0 aliphatic carbocycles. The summed E-state index contributed by atoms with van der Waals surface area (Å²) in [5.74, 6) is 0.730. The third-order valence-corrected chi connectivity index (χ3v) is 4.43. The fourth-order valence-corrected chi connectivity index (χ4v) is 3.05. The molecular formula is C18H31N5O2. The van der Waals surface area contributed by atoms with Gasteiger partial charge in [0.15, 0.2) is 0 Å². The Bertz CT molecular complexity index is 594. The SMILES string of the molecule is CC(C)CCn1ncc(NC(=O)N[C@@H]2CCCCNC2=O)c1C(C)C. The number of rotatable bonds is 6. The molecule has 1 aliphatic rings. The van der Waals surface area contributed by atoms with Crippen LogP contribution in [0, 0.1) is 5.92 Å². The van der Waals surface area contributed by atoms with Gasteiger partial charge in [-0.3, -0.25) is 9.48 Å². The fourth-order valence-electron chi connectivity index (χ4n) is 3.05. The van der Waals surface area contributed by atoms with E-state index in [4.69, 9.17) is 0 Å². The summed E-state index contributed by atoms with van der Waals surface area (Å²) in [5.41, 5.74) is 1.73. The summed E-state index contributed by atoms with van der Waals surface area (Å²) >= 11 is 0. The maximum absolute atomic E-state index is 12.3. The smallest absolute Gasteiger partial charge is 0.319 e. The van der Waals surface area contributed by atoms with Crippen LogP contribution in [0.25, 0.3) is 0 Å². The predicted molar refractivity (Wildman–Crippen MR) is 98.6 cm³/mol. The second-order valence-electron chi connectivity index (χ2n) is 7.44. The maximum atomic E-state index is 12.3. The Morgan fingerprint density at radius 1 is 1.36 bits per heavy atom. The molecule has 140 valence electrons. The van der Waals surface area contributed by atoms with Crippen molar-refractivity contribution in [3.8, 4) is 0 Å². The number of nitrogens with zero attached hydrogens (tertiary/aromatic N) is 2. The lowest BCUT2D eigenvalue weighted by Crippen LogP contribution is -2.47. The molecule has 3 N–H and O–H groups in total. The number of amides is 3. The Morgan fingerprint density at radius 2 is 2.12 bits per heavy atom. The first kappa shape index (κ1) is 19.3. The van der Waals surface area contributed by atoms with Crippen LogP contribution in [0.5, 0.6) is 0 Å². The third kappa shape index (κ3) is 5.47. The number of carbonyl (C=O) groups is 2. The van der Waals surface area contributed by atoms with Crippen molar-refractivity contribution >= 4 is 17.6 Å². The molecule has 2 heterocycles. The number of nitrogens with one attached hydrogen (secondary N) is 3. The molecule has 0 unspecified atom stereocenters. The predicted octanol–water partition coefficient (Wildman–Crippen LogP) is 2.84. The molecule has 1 aromatic rings. The van der Waals surface area contributed by atoms with Gasteiger partial charge >= 0.3 is 6.03 Å². The van der Waals surface area contributed by atoms with E-state index >= 15 is 0 Å². The minimum atomic E-state index is -0.471. The van der Waals surface area contributed by atoms with E-state index in [1.165, 1.54) is 0 Å². The zero-order chi connectivity index (χ0) is 18.4. The molecule has 0 saturated carbocycles. The van der Waals surface area contributed by atoms with Gasteiger partial charge in [-0.15, -0.1) is 0 Å². The first-order valence-corrected chi connectivity index (χ1v) is 9.29. The van der Waals surface area contributed by atoms with Gasteiger partial charge in [-0.05, 0) is 37.5 Å². The summed E-state index contributed by atoms with van der Waals surface area (Å²) in [6, 6.07) is -0.826. The quantitative estimate of drug-likeness (QED) is 0.738. The second-order valence-corrected chi connectivity index (χ2v) is 7.44. The molecule has 1 atom stereocenters. The first-order chi connectivity index (χ1) is 11.9. The summed E-state index contributed by atoms with van der Waals surface area (Å²) in [6.07, 6.45) is 5.28. The molecule has 1 fully saturated rings. The van der Waals surface area contributed by atoms with Crippen molar-refractivity contribution in [3.63, 3.8) is 0 Å². The summed E-state index contributed by atoms with van der Waals surface area (Å²) in [5, 5.41) is 12.9. The molecule has 1 aliphatic heterocycles. The van der Waals surface area contributed by atoms with Gasteiger partial charge in [-0.1, -0.05) is 27.7 Å². The van der Waals surface area contributed by atoms with Crippen molar-refractivity contribution < 1.29 is 9.59 Å². The summed E-state index contributed by atoms with van der Waals surface area (Å²) in [6.45, 7) is 10.1. The van der Waals surface area contributed by atoms with E-state index in [9.17, 15) is 9.59 Å². The van der Waals surface area contributed by atoms with Gasteiger partial charge in [0.25, 0.3) is 0 Å². The number of aromatic nitrogens is 2. The molecule has 7 heteroatoms. The number of carbonyl (C=O) groups excluding carboxylic acids is 2. The lowest BCUT2D eigenvalue weighted by molar-refractivity contribution is -0.122. The Kier molecular flexibility index (Phi) is 6.84. The summed E-state index contributed by atoms with van der Waals surface area (Å²) in [4.78, 5) is 24.3. The fraction of sp³-hybridized carbons (Fsp3) is 0.722. The Labute approximate surface area is 149 Å². The van der Waals surface area contributed by atoms with Gasteiger partial charge < -0.3 is 16.0 Å². The van der Waals surface area contributed by atoms with Crippen molar-refractivity contribution in [2.24, 2.45) is 5.92 Å². The van der Waals surface area contributed by atoms with E-state index < -0.39 is 6.04 Å². The zero-order valence-corrected chi connectivity index (χ0v) is 15.8. The van der Waals surface area contributed by atoms with E-state index in [0.717, 1.165) is 31.5 Å². The molecule has 0 aromatic carbocycles. The summed E-state index contributed by atoms with van der Waals surface area (Å²) < 4.78 is 1.97. The zero-order valence-electron chi connectivity index (χ0n) is 15.8. The number of hydrogen-bond acceptors (Lipinski definition) is 3. The topological polar surface area (TPSA) is 88.1 Å². The van der Waals surface area contributed by atoms with Crippen LogP contribution in [-0.4, -0.2) is 34.3 Å². The molecule has 25 heavy (non-hydrogen) atoms. The van der Waals surface area contributed by atoms with Gasteiger partial charge in [-0.25, -0.2) is 4.79 Å². The number of aryl methyl sites for hydroxylation is 1. The van der Waals surface area contributed by atoms with Crippen molar-refractivity contribution in [1.29, 1.82) is 0 Å². The Balaban J connectivity index is 2.03. The van der Waals surface area contributed by atoms with Crippen molar-refractivity contribution in [2.45, 2.75) is 71.9 Å². The third-order valence-electron chi connectivity index (χ3n) is 4.43. The monoisotopic (exact) mass is 349 g/mol. The van der Waals surface area contributed by atoms with Crippen LogP contribution in [0.15, 0.2) is 6.20 Å². The van der Waals surface area contributed by atoms with Gasteiger partial charge in [0, 0.05) is 13.1 Å². The van der Waals surface area contributed by atoms with Crippen molar-refractivity contribution in [1.82, 2.24) is 20.4 Å². The van der Waals surface area contributed by atoms with E-state index in [-0.39, 0.29) is 17.9 Å². The van der Waals surface area contributed by atoms with Crippen molar-refractivity contribution in [3.05, 3.63) is 11.9 Å². The van der Waals surface area contributed by atoms with Gasteiger partial charge in [0.2, 0.25) is 5.91 Å². The first-order valence-electron chi connectivity index (χ1n) is 9.29. The van der Waals surface area contributed by atoms with Gasteiger partial charge in [-0.2, -0.15) is 5.10 Å². The lowest BCUT2D eigenvalue weighted by atomic mass is 10.1. The molecule has 1 saturated heterocycles. The molecule has 0 spiro atoms. The molecule has 0 bridgehead atoms. The van der Waals surface area contributed by atoms with Crippen molar-refractivity contribution in [2.75, 3.05) is 11.9 Å². The molecule has 0 radical (unpaired) electrons. The Morgan fingerprint density at radius 3 is 2.80 bits per heavy atom. The summed E-state index contributed by atoms with van der Waals surface area (Å²) in [7, 11) is 0. The van der Waals surface area contributed by atoms with Gasteiger partial charge in [0.1, 0.15) is 6.04 Å². The maximum Gasteiger partial charge on any atom is 0.319 e. The van der Waals surface area contributed by atoms with E-state index in [2.05, 4.69) is 48.7 Å². The largest absolute Gasteiger partial charge is 0.354 e. The highest BCUT2D eigenvalue weighted by molar-refractivity contribution is 5.94. The van der Waals surface area contributed by atoms with E-state index in [1.54, 1.807) is 6.20 Å². The highest BCUT2D eigenvalue weighted by Crippen LogP contribution is 2.24. The van der Waals surface area contributed by atoms with Crippen LogP contribution in [0.1, 0.15) is 65.0 Å². The minimum absolute atomic E-state index is 0.107. The van der Waals surface area contributed by atoms with Crippen LogP contribution in [0.2, 0.25) is 0 Å². The molecule has 3 amide bonds. The van der Waals surface area contributed by atoms with E-state index in [1.807, 2.05) is 4.68 Å². The average Bonchev–Trinajstić information content (AvgIpc) is 2.82. The number of urea groups is 1. The second kappa shape index (κ2) is 8.87. The number of hydrogen-bond donors (Lipinski definition) is 3. The van der Waals surface area contributed by atoms with Crippen LogP contribution in [0.3, 0.4) is 0 Å². The minimum Gasteiger partial charge on any atom is -0.354 e. The molecule has 7 nitrogen and oxygen atoms in total. The van der Waals surface area contributed by atoms with Crippen LogP contribution in [-0.2, 0) is 11.3 Å². The standard InChI is InChI=1S/C18H31N5O2/c1-12(2)8-10-23-16(13(3)4)15(11-20-23)22-18(25)21-14-7-5-6-9-19-17(14)24/h11-14H,5-10H2,1-4H3,(H,19,24)(H2,21,22,25)/t14-/m1/s1. The van der Waals surface area contributed by atoms with Crippen LogP contribution >= 0.6 is 0 Å². The Hall–Kier alpha value is -2.05. The molecular weight excluding hydrogens is 318 g/mol. The van der Waals surface area contributed by atoms with Gasteiger partial charge in [0.05, 0.1) is 17.6 Å². The normalized spacial score (nSPS) is 18.2.